The summed E-state index contributed by atoms with van der Waals surface area (Å²) in [5.41, 5.74) is 7.78. The van der Waals surface area contributed by atoms with Crippen molar-refractivity contribution in [1.82, 2.24) is 23.8 Å². The first-order chi connectivity index (χ1) is 18.9. The normalized spacial score (nSPS) is 23.8. The predicted molar refractivity (Wildman–Crippen MR) is 161 cm³/mol. The zero-order chi connectivity index (χ0) is 27.0. The number of halogens is 1. The molecule has 3 aromatic rings. The summed E-state index contributed by atoms with van der Waals surface area (Å²) in [6, 6.07) is 8.17. The highest BCUT2D eigenvalue weighted by atomic mass is 127. The van der Waals surface area contributed by atoms with E-state index < -0.39 is 10.0 Å². The third-order valence-electron chi connectivity index (χ3n) is 8.49. The number of hydrogen-bond donors (Lipinski definition) is 3. The first-order valence-corrected chi connectivity index (χ1v) is 16.7. The van der Waals surface area contributed by atoms with E-state index in [1.807, 2.05) is 18.5 Å². The molecule has 3 aliphatic rings. The third-order valence-corrected chi connectivity index (χ3v) is 11.1. The minimum Gasteiger partial charge on any atom is -0.365 e. The summed E-state index contributed by atoms with van der Waals surface area (Å²) in [6.45, 7) is 0.925. The monoisotopic (exact) mass is 664 g/mol. The number of nitrogens with one attached hydrogen (secondary N) is 2. The molecule has 10 nitrogen and oxygen atoms in total. The van der Waals surface area contributed by atoms with Crippen molar-refractivity contribution in [3.63, 3.8) is 0 Å². The molecular formula is C27H37IN8O2S. The van der Waals surface area contributed by atoms with Crippen LogP contribution < -0.4 is 16.4 Å². The Balaban J connectivity index is 1.20. The van der Waals surface area contributed by atoms with Crippen molar-refractivity contribution in [1.29, 1.82) is 0 Å². The van der Waals surface area contributed by atoms with Gasteiger partial charge in [-0.3, -0.25) is 0 Å². The van der Waals surface area contributed by atoms with E-state index in [4.69, 9.17) is 20.7 Å². The quantitative estimate of drug-likeness (QED) is 0.315. The number of rotatable bonds is 7. The summed E-state index contributed by atoms with van der Waals surface area (Å²) in [6.07, 6.45) is 12.1. The lowest BCUT2D eigenvalue weighted by Gasteiger charge is -2.32. The smallest absolute Gasteiger partial charge is 0.243 e. The van der Waals surface area contributed by atoms with E-state index >= 15 is 0 Å². The molecule has 0 amide bonds. The Bertz CT molecular complexity index is 1390. The molecule has 3 heterocycles. The lowest BCUT2D eigenvalue weighted by molar-refractivity contribution is 0.329. The molecule has 0 spiro atoms. The van der Waals surface area contributed by atoms with Gasteiger partial charge in [-0.1, -0.05) is 12.8 Å². The number of sulfonamides is 1. The Morgan fingerprint density at radius 3 is 2.23 bits per heavy atom. The van der Waals surface area contributed by atoms with E-state index in [-0.39, 0.29) is 12.1 Å². The molecular weight excluding hydrogens is 627 g/mol. The second-order valence-electron chi connectivity index (χ2n) is 11.2. The molecule has 4 N–H and O–H groups in total. The van der Waals surface area contributed by atoms with E-state index in [1.165, 1.54) is 12.8 Å². The Hall–Kier alpha value is -2.03. The molecule has 0 unspecified atom stereocenters. The van der Waals surface area contributed by atoms with Crippen molar-refractivity contribution in [3.8, 4) is 0 Å². The maximum atomic E-state index is 13.2. The first-order valence-electron chi connectivity index (χ1n) is 14.2. The van der Waals surface area contributed by atoms with E-state index in [9.17, 15) is 8.42 Å². The van der Waals surface area contributed by atoms with Crippen molar-refractivity contribution >= 4 is 55.5 Å². The molecule has 2 saturated carbocycles. The van der Waals surface area contributed by atoms with Gasteiger partial charge in [0.1, 0.15) is 0 Å². The van der Waals surface area contributed by atoms with Gasteiger partial charge >= 0.3 is 0 Å². The van der Waals surface area contributed by atoms with Crippen LogP contribution in [0.5, 0.6) is 0 Å². The predicted octanol–water partition coefficient (Wildman–Crippen LogP) is 4.49. The molecule has 0 bridgehead atoms. The molecule has 39 heavy (non-hydrogen) atoms. The van der Waals surface area contributed by atoms with Crippen LogP contribution in [0.1, 0.15) is 70.3 Å². The van der Waals surface area contributed by atoms with Crippen molar-refractivity contribution in [2.45, 2.75) is 93.3 Å². The van der Waals surface area contributed by atoms with Crippen molar-refractivity contribution < 1.29 is 8.42 Å². The standard InChI is InChI=1S/C27H37IN8O2S/c28-18-5-11-23(12-6-18)39(37,38)35-15-13-21(14-16-35)31-25-24-26(36(17-30-24)22-3-1-2-4-22)34-27(33-25)32-20-9-7-19(29)8-10-20/h5-6,11-12,17,19-22H,1-4,7-10,13-16,29H2,(H2,31,32,33,34). The van der Waals surface area contributed by atoms with Gasteiger partial charge < -0.3 is 20.9 Å². The number of nitrogens with zero attached hydrogens (tertiary/aromatic N) is 5. The van der Waals surface area contributed by atoms with Gasteiger partial charge in [0.05, 0.1) is 11.2 Å². The minimum absolute atomic E-state index is 0.100. The van der Waals surface area contributed by atoms with Crippen LogP contribution in [-0.2, 0) is 10.0 Å². The van der Waals surface area contributed by atoms with Crippen molar-refractivity contribution in [2.75, 3.05) is 23.7 Å². The second-order valence-corrected chi connectivity index (χ2v) is 14.4. The Kier molecular flexibility index (Phi) is 7.98. The van der Waals surface area contributed by atoms with E-state index in [1.54, 1.807) is 16.4 Å². The lowest BCUT2D eigenvalue weighted by atomic mass is 9.92. The lowest BCUT2D eigenvalue weighted by Crippen LogP contribution is -2.42. The Morgan fingerprint density at radius 2 is 1.54 bits per heavy atom. The van der Waals surface area contributed by atoms with Gasteiger partial charge in [-0.15, -0.1) is 0 Å². The number of anilines is 2. The first kappa shape index (κ1) is 27.2. The highest BCUT2D eigenvalue weighted by molar-refractivity contribution is 14.1. The van der Waals surface area contributed by atoms with Crippen LogP contribution in [0.4, 0.5) is 11.8 Å². The van der Waals surface area contributed by atoms with Crippen LogP contribution in [0.15, 0.2) is 35.5 Å². The summed E-state index contributed by atoms with van der Waals surface area (Å²) >= 11 is 2.19. The van der Waals surface area contributed by atoms with Gasteiger partial charge in [0.2, 0.25) is 16.0 Å². The summed E-state index contributed by atoms with van der Waals surface area (Å²) < 4.78 is 31.2. The zero-order valence-electron chi connectivity index (χ0n) is 22.1. The van der Waals surface area contributed by atoms with Crippen molar-refractivity contribution in [2.24, 2.45) is 5.73 Å². The molecule has 2 aliphatic carbocycles. The highest BCUT2D eigenvalue weighted by Crippen LogP contribution is 2.34. The van der Waals surface area contributed by atoms with E-state index in [2.05, 4.69) is 37.8 Å². The number of aromatic nitrogens is 4. The van der Waals surface area contributed by atoms with Gasteiger partial charge in [-0.25, -0.2) is 13.4 Å². The molecule has 2 aromatic heterocycles. The van der Waals surface area contributed by atoms with Crippen LogP contribution in [-0.4, -0.2) is 63.5 Å². The highest BCUT2D eigenvalue weighted by Gasteiger charge is 2.31. The zero-order valence-corrected chi connectivity index (χ0v) is 25.1. The fraction of sp³-hybridized carbons (Fsp3) is 0.593. The molecule has 0 atom stereocenters. The number of piperidine rings is 1. The molecule has 3 fully saturated rings. The van der Waals surface area contributed by atoms with Crippen molar-refractivity contribution in [3.05, 3.63) is 34.2 Å². The third kappa shape index (κ3) is 5.89. The van der Waals surface area contributed by atoms with Gasteiger partial charge in [0.25, 0.3) is 0 Å². The van der Waals surface area contributed by atoms with Gasteiger partial charge in [-0.05, 0) is 98.2 Å². The van der Waals surface area contributed by atoms with E-state index in [0.29, 0.717) is 48.9 Å². The Morgan fingerprint density at radius 1 is 0.872 bits per heavy atom. The SMILES string of the molecule is NC1CCC(Nc2nc(NC3CCN(S(=O)(=O)c4ccc(I)cc4)CC3)c3ncn(C4CCCC4)c3n2)CC1. The minimum atomic E-state index is -3.50. The molecule has 1 saturated heterocycles. The average molecular weight is 665 g/mol. The van der Waals surface area contributed by atoms with Gasteiger partial charge in [0, 0.05) is 40.8 Å². The number of benzene rings is 1. The molecule has 1 aromatic carbocycles. The molecule has 12 heteroatoms. The molecule has 0 radical (unpaired) electrons. The van der Waals surface area contributed by atoms with Gasteiger partial charge in [-0.2, -0.15) is 14.3 Å². The van der Waals surface area contributed by atoms with Crippen LogP contribution in [0.25, 0.3) is 11.2 Å². The summed E-state index contributed by atoms with van der Waals surface area (Å²) in [4.78, 5) is 15.0. The van der Waals surface area contributed by atoms with E-state index in [0.717, 1.165) is 59.1 Å². The second kappa shape index (κ2) is 11.5. The topological polar surface area (TPSA) is 131 Å². The van der Waals surface area contributed by atoms with Crippen LogP contribution in [0, 0.1) is 3.57 Å². The van der Waals surface area contributed by atoms with Crippen LogP contribution in [0.3, 0.4) is 0 Å². The summed E-state index contributed by atoms with van der Waals surface area (Å²) in [5, 5.41) is 7.20. The van der Waals surface area contributed by atoms with Crippen LogP contribution in [0.2, 0.25) is 0 Å². The molecule has 6 rings (SSSR count). The maximum Gasteiger partial charge on any atom is 0.243 e. The number of hydrogen-bond acceptors (Lipinski definition) is 8. The van der Waals surface area contributed by atoms with Crippen LogP contribution >= 0.6 is 22.6 Å². The number of fused-ring (bicyclic) bond motifs is 1. The fourth-order valence-corrected chi connectivity index (χ4v) is 8.00. The molecule has 210 valence electrons. The number of imidazole rings is 1. The number of nitrogens with two attached hydrogens (primary N) is 1. The average Bonchev–Trinajstić information content (AvgIpc) is 3.61. The molecule has 1 aliphatic heterocycles. The maximum absolute atomic E-state index is 13.2. The fourth-order valence-electron chi connectivity index (χ4n) is 6.17. The van der Waals surface area contributed by atoms with Gasteiger partial charge in [0.15, 0.2) is 17.0 Å². The Labute approximate surface area is 243 Å². The summed E-state index contributed by atoms with van der Waals surface area (Å²) in [7, 11) is -3.50. The largest absolute Gasteiger partial charge is 0.365 e. The summed E-state index contributed by atoms with van der Waals surface area (Å²) in [5.74, 6) is 1.36.